The number of halogens is 1. The third kappa shape index (κ3) is 3.32. The molecule has 0 saturated heterocycles. The summed E-state index contributed by atoms with van der Waals surface area (Å²) >= 11 is 0. The average molecular weight is 325 g/mol. The lowest BCUT2D eigenvalue weighted by Gasteiger charge is -2.23. The fraction of sp³-hybridized carbons (Fsp3) is 0.167. The van der Waals surface area contributed by atoms with Gasteiger partial charge in [-0.25, -0.2) is 9.40 Å². The van der Waals surface area contributed by atoms with Gasteiger partial charge in [0.2, 0.25) is 5.91 Å². The molecular weight excluding hydrogens is 309 g/mol. The van der Waals surface area contributed by atoms with Crippen LogP contribution in [0.4, 0.5) is 15.8 Å². The summed E-state index contributed by atoms with van der Waals surface area (Å²) in [6.07, 6.45) is 0.402. The number of carbonyl (C=O) groups is 2. The fourth-order valence-corrected chi connectivity index (χ4v) is 2.44. The molecule has 0 aliphatic carbocycles. The fourth-order valence-electron chi connectivity index (χ4n) is 2.44. The van der Waals surface area contributed by atoms with E-state index < -0.39 is 11.7 Å². The molecule has 1 aliphatic heterocycles. The average Bonchev–Trinajstić information content (AvgIpc) is 2.57. The van der Waals surface area contributed by atoms with Crippen molar-refractivity contribution in [3.05, 3.63) is 59.9 Å². The van der Waals surface area contributed by atoms with E-state index in [9.17, 15) is 14.0 Å². The van der Waals surface area contributed by atoms with Crippen molar-refractivity contribution in [1.29, 1.82) is 0 Å². The highest BCUT2D eigenvalue weighted by Crippen LogP contribution is 2.22. The molecular formula is C18H16FN3O2. The molecule has 2 aromatic rings. The number of hydrogen-bond acceptors (Lipinski definition) is 3. The third-order valence-electron chi connectivity index (χ3n) is 3.66. The van der Waals surface area contributed by atoms with Gasteiger partial charge in [-0.05, 0) is 36.8 Å². The van der Waals surface area contributed by atoms with E-state index >= 15 is 0 Å². The Labute approximate surface area is 138 Å². The van der Waals surface area contributed by atoms with Crippen LogP contribution in [0, 0.1) is 12.7 Å². The normalized spacial score (nSPS) is 14.3. The van der Waals surface area contributed by atoms with Gasteiger partial charge in [-0.15, -0.1) is 0 Å². The first-order valence-corrected chi connectivity index (χ1v) is 7.57. The van der Waals surface area contributed by atoms with Crippen LogP contribution in [0.5, 0.6) is 0 Å². The van der Waals surface area contributed by atoms with E-state index in [0.717, 1.165) is 5.56 Å². The molecule has 2 aromatic carbocycles. The number of hydrazone groups is 1. The van der Waals surface area contributed by atoms with Gasteiger partial charge in [-0.2, -0.15) is 5.10 Å². The number of hydrogen-bond donors (Lipinski definition) is 1. The quantitative estimate of drug-likeness (QED) is 0.941. The summed E-state index contributed by atoms with van der Waals surface area (Å²) in [6, 6.07) is 13.2. The van der Waals surface area contributed by atoms with Crippen LogP contribution in [-0.2, 0) is 9.59 Å². The van der Waals surface area contributed by atoms with E-state index in [1.165, 1.54) is 17.1 Å². The molecule has 0 spiro atoms. The maximum Gasteiger partial charge on any atom is 0.271 e. The Balaban J connectivity index is 1.85. The molecule has 0 aromatic heterocycles. The number of para-hydroxylation sites is 1. The van der Waals surface area contributed by atoms with E-state index in [2.05, 4.69) is 10.4 Å². The van der Waals surface area contributed by atoms with E-state index in [4.69, 9.17) is 0 Å². The maximum atomic E-state index is 13.6. The second-order valence-electron chi connectivity index (χ2n) is 5.53. The Kier molecular flexibility index (Phi) is 4.37. The zero-order valence-electron chi connectivity index (χ0n) is 13.1. The molecule has 0 saturated carbocycles. The molecule has 6 heteroatoms. The number of nitrogens with one attached hydrogen (secondary N) is 1. The second-order valence-corrected chi connectivity index (χ2v) is 5.53. The highest BCUT2D eigenvalue weighted by Gasteiger charge is 2.26. The lowest BCUT2D eigenvalue weighted by molar-refractivity contribution is -0.118. The standard InChI is InChI=1S/C18H16FN3O2/c1-12-5-4-6-13(11-12)22-17(23)10-9-16(21-22)18(24)20-15-8-3-2-7-14(15)19/h2-8,11H,9-10H2,1H3,(H,20,24). The van der Waals surface area contributed by atoms with Gasteiger partial charge in [0, 0.05) is 12.8 Å². The van der Waals surface area contributed by atoms with Crippen molar-refractivity contribution in [3.63, 3.8) is 0 Å². The first-order chi connectivity index (χ1) is 11.5. The minimum Gasteiger partial charge on any atom is -0.318 e. The van der Waals surface area contributed by atoms with Crippen LogP contribution < -0.4 is 10.3 Å². The molecule has 0 radical (unpaired) electrons. The molecule has 1 N–H and O–H groups in total. The minimum absolute atomic E-state index is 0.0872. The van der Waals surface area contributed by atoms with Gasteiger partial charge in [0.15, 0.2) is 0 Å². The Morgan fingerprint density at radius 2 is 1.96 bits per heavy atom. The van der Waals surface area contributed by atoms with E-state index in [1.807, 2.05) is 25.1 Å². The summed E-state index contributed by atoms with van der Waals surface area (Å²) in [5, 5.41) is 7.89. The van der Waals surface area contributed by atoms with Crippen LogP contribution in [0.25, 0.3) is 0 Å². The van der Waals surface area contributed by atoms with Crippen molar-refractivity contribution in [2.24, 2.45) is 5.10 Å². The van der Waals surface area contributed by atoms with Crippen molar-refractivity contribution in [1.82, 2.24) is 0 Å². The largest absolute Gasteiger partial charge is 0.318 e. The molecule has 2 amide bonds. The van der Waals surface area contributed by atoms with Crippen LogP contribution in [0.3, 0.4) is 0 Å². The minimum atomic E-state index is -0.520. The molecule has 122 valence electrons. The summed E-state index contributed by atoms with van der Waals surface area (Å²) in [4.78, 5) is 24.4. The zero-order valence-corrected chi connectivity index (χ0v) is 13.1. The summed E-state index contributed by atoms with van der Waals surface area (Å²) in [5.74, 6) is -1.21. The molecule has 0 fully saturated rings. The SMILES string of the molecule is Cc1cccc(N2N=C(C(=O)Nc3ccccc3F)CCC2=O)c1. The molecule has 1 aliphatic rings. The zero-order chi connectivity index (χ0) is 17.1. The molecule has 0 unspecified atom stereocenters. The summed E-state index contributed by atoms with van der Waals surface area (Å²) in [7, 11) is 0. The highest BCUT2D eigenvalue weighted by molar-refractivity contribution is 6.44. The first-order valence-electron chi connectivity index (χ1n) is 7.57. The number of nitrogens with zero attached hydrogens (tertiary/aromatic N) is 2. The van der Waals surface area contributed by atoms with E-state index in [-0.39, 0.29) is 30.1 Å². The molecule has 5 nitrogen and oxygen atoms in total. The van der Waals surface area contributed by atoms with Gasteiger partial charge in [-0.3, -0.25) is 9.59 Å². The van der Waals surface area contributed by atoms with Gasteiger partial charge in [0.05, 0.1) is 11.4 Å². The lowest BCUT2D eigenvalue weighted by atomic mass is 10.1. The number of carbonyl (C=O) groups excluding carboxylic acids is 2. The summed E-state index contributed by atoms with van der Waals surface area (Å²) < 4.78 is 13.6. The van der Waals surface area contributed by atoms with Gasteiger partial charge < -0.3 is 5.32 Å². The monoisotopic (exact) mass is 325 g/mol. The maximum absolute atomic E-state index is 13.6. The molecule has 24 heavy (non-hydrogen) atoms. The number of amides is 2. The molecule has 1 heterocycles. The van der Waals surface area contributed by atoms with E-state index in [1.54, 1.807) is 18.2 Å². The molecule has 0 bridgehead atoms. The first kappa shape index (κ1) is 15.9. The number of anilines is 2. The summed E-state index contributed by atoms with van der Waals surface area (Å²) in [6.45, 7) is 1.91. The predicted octanol–water partition coefficient (Wildman–Crippen LogP) is 3.26. The van der Waals surface area contributed by atoms with Crippen molar-refractivity contribution in [2.75, 3.05) is 10.3 Å². The Bertz CT molecular complexity index is 833. The predicted molar refractivity (Wildman–Crippen MR) is 90.4 cm³/mol. The number of aryl methyl sites for hydroxylation is 1. The molecule has 3 rings (SSSR count). The van der Waals surface area contributed by atoms with Crippen LogP contribution in [0.15, 0.2) is 53.6 Å². The topological polar surface area (TPSA) is 61.8 Å². The van der Waals surface area contributed by atoms with Crippen molar-refractivity contribution in [3.8, 4) is 0 Å². The lowest BCUT2D eigenvalue weighted by Crippen LogP contribution is -2.36. The second kappa shape index (κ2) is 6.62. The van der Waals surface area contributed by atoms with Gasteiger partial charge >= 0.3 is 0 Å². The van der Waals surface area contributed by atoms with Gasteiger partial charge in [0.25, 0.3) is 5.91 Å². The van der Waals surface area contributed by atoms with E-state index in [0.29, 0.717) is 5.69 Å². The van der Waals surface area contributed by atoms with Crippen LogP contribution >= 0.6 is 0 Å². The van der Waals surface area contributed by atoms with Crippen LogP contribution in [-0.4, -0.2) is 17.5 Å². The Morgan fingerprint density at radius 1 is 1.17 bits per heavy atom. The Morgan fingerprint density at radius 3 is 2.71 bits per heavy atom. The molecule has 0 atom stereocenters. The van der Waals surface area contributed by atoms with Crippen LogP contribution in [0.1, 0.15) is 18.4 Å². The Hall–Kier alpha value is -3.02. The number of benzene rings is 2. The van der Waals surface area contributed by atoms with Gasteiger partial charge in [0.1, 0.15) is 11.5 Å². The smallest absolute Gasteiger partial charge is 0.271 e. The number of rotatable bonds is 3. The third-order valence-corrected chi connectivity index (χ3v) is 3.66. The van der Waals surface area contributed by atoms with Crippen molar-refractivity contribution in [2.45, 2.75) is 19.8 Å². The highest BCUT2D eigenvalue weighted by atomic mass is 19.1. The van der Waals surface area contributed by atoms with Crippen LogP contribution in [0.2, 0.25) is 0 Å². The van der Waals surface area contributed by atoms with Gasteiger partial charge in [-0.1, -0.05) is 24.3 Å². The van der Waals surface area contributed by atoms with Crippen molar-refractivity contribution < 1.29 is 14.0 Å². The van der Waals surface area contributed by atoms with Crippen molar-refractivity contribution >= 4 is 28.9 Å². The summed E-state index contributed by atoms with van der Waals surface area (Å²) in [5.41, 5.74) is 1.87.